The molecule has 0 unspecified atom stereocenters. The second-order valence-corrected chi connectivity index (χ2v) is 2.35. The molecular weight excluding hydrogens is 197 g/mol. The van der Waals surface area contributed by atoms with Crippen molar-refractivity contribution in [3.63, 3.8) is 0 Å². The summed E-state index contributed by atoms with van der Waals surface area (Å²) >= 11 is 0. The van der Waals surface area contributed by atoms with Gasteiger partial charge in [0.25, 0.3) is 0 Å². The van der Waals surface area contributed by atoms with Gasteiger partial charge in [-0.2, -0.15) is 0 Å². The fourth-order valence-corrected chi connectivity index (χ4v) is 0.880. The number of benzene rings is 1. The van der Waals surface area contributed by atoms with E-state index < -0.39 is 6.36 Å². The van der Waals surface area contributed by atoms with Crippen molar-refractivity contribution >= 4 is 0 Å². The summed E-state index contributed by atoms with van der Waals surface area (Å²) in [6.45, 7) is 1.95. The summed E-state index contributed by atoms with van der Waals surface area (Å²) in [6, 6.07) is 6.38. The molecule has 0 aromatic heterocycles. The van der Waals surface area contributed by atoms with Crippen LogP contribution < -0.4 is 9.47 Å². The largest absolute Gasteiger partial charge is 0.573 e. The van der Waals surface area contributed by atoms with Gasteiger partial charge in [-0.05, 0) is 25.1 Å². The highest BCUT2D eigenvalue weighted by Gasteiger charge is 2.32. The predicted octanol–water partition coefficient (Wildman–Crippen LogP) is 2.78. The lowest BCUT2D eigenvalue weighted by Crippen LogP contribution is -2.17. The highest BCUT2D eigenvalue weighted by Crippen LogP contribution is 2.31. The number of halogens is 3. The highest BCUT2D eigenvalue weighted by molar-refractivity contribution is 5.39. The summed E-state index contributed by atoms with van der Waals surface area (Å²) in [5.41, 5.74) is 0. The predicted molar refractivity (Wildman–Crippen MR) is 43.1 cm³/mol. The normalized spacial score (nSPS) is 11.1. The molecule has 0 spiro atoms. The number of hydrogen-bond donors (Lipinski definition) is 0. The van der Waals surface area contributed by atoms with Gasteiger partial charge in [0.15, 0.2) is 11.5 Å². The Morgan fingerprint density at radius 1 is 1.36 bits per heavy atom. The topological polar surface area (TPSA) is 18.5 Å². The monoisotopic (exact) mass is 205 g/mol. The van der Waals surface area contributed by atoms with Gasteiger partial charge < -0.3 is 9.47 Å². The zero-order valence-electron chi connectivity index (χ0n) is 7.39. The van der Waals surface area contributed by atoms with Gasteiger partial charge >= 0.3 is 6.36 Å². The van der Waals surface area contributed by atoms with Crippen LogP contribution >= 0.6 is 0 Å². The van der Waals surface area contributed by atoms with Crippen LogP contribution in [0.2, 0.25) is 0 Å². The van der Waals surface area contributed by atoms with E-state index in [1.165, 1.54) is 12.1 Å². The third-order valence-electron chi connectivity index (χ3n) is 1.31. The third-order valence-corrected chi connectivity index (χ3v) is 1.31. The smallest absolute Gasteiger partial charge is 0.490 e. The van der Waals surface area contributed by atoms with Crippen LogP contribution in [0.25, 0.3) is 0 Å². The molecule has 0 amide bonds. The Morgan fingerprint density at radius 3 is 2.64 bits per heavy atom. The van der Waals surface area contributed by atoms with Crippen molar-refractivity contribution < 1.29 is 22.6 Å². The zero-order chi connectivity index (χ0) is 10.6. The van der Waals surface area contributed by atoms with Crippen molar-refractivity contribution in [2.75, 3.05) is 6.61 Å². The first-order chi connectivity index (χ1) is 6.53. The third kappa shape index (κ3) is 3.16. The van der Waals surface area contributed by atoms with Crippen LogP contribution in [0.15, 0.2) is 18.2 Å². The number of alkyl halides is 3. The van der Waals surface area contributed by atoms with Crippen molar-refractivity contribution in [1.82, 2.24) is 0 Å². The molecule has 1 radical (unpaired) electrons. The first-order valence-corrected chi connectivity index (χ1v) is 3.91. The minimum atomic E-state index is -4.71. The van der Waals surface area contributed by atoms with Gasteiger partial charge in [-0.25, -0.2) is 0 Å². The molecule has 77 valence electrons. The van der Waals surface area contributed by atoms with Crippen LogP contribution in [0, 0.1) is 6.07 Å². The molecule has 0 saturated heterocycles. The molecule has 0 aliphatic heterocycles. The van der Waals surface area contributed by atoms with Crippen molar-refractivity contribution in [1.29, 1.82) is 0 Å². The maximum atomic E-state index is 11.9. The molecule has 0 aliphatic carbocycles. The maximum absolute atomic E-state index is 11.9. The maximum Gasteiger partial charge on any atom is 0.573 e. The number of ether oxygens (including phenoxy) is 2. The first-order valence-electron chi connectivity index (χ1n) is 3.91. The lowest BCUT2D eigenvalue weighted by atomic mass is 10.3. The van der Waals surface area contributed by atoms with E-state index in [9.17, 15) is 13.2 Å². The summed E-state index contributed by atoms with van der Waals surface area (Å²) < 4.78 is 44.3. The average Bonchev–Trinajstić information content (AvgIpc) is 2.06. The van der Waals surface area contributed by atoms with Gasteiger partial charge in [0, 0.05) is 0 Å². The second kappa shape index (κ2) is 4.21. The fraction of sp³-hybridized carbons (Fsp3) is 0.333. The zero-order valence-corrected chi connectivity index (χ0v) is 7.39. The minimum absolute atomic E-state index is 0.0589. The number of hydrogen-bond acceptors (Lipinski definition) is 2. The van der Waals surface area contributed by atoms with Crippen LogP contribution in [0.1, 0.15) is 6.92 Å². The first kappa shape index (κ1) is 10.7. The van der Waals surface area contributed by atoms with Crippen molar-refractivity contribution in [3.8, 4) is 11.5 Å². The highest BCUT2D eigenvalue weighted by atomic mass is 19.4. The molecule has 5 heteroatoms. The molecule has 0 heterocycles. The lowest BCUT2D eigenvalue weighted by Gasteiger charge is -2.12. The number of rotatable bonds is 3. The van der Waals surface area contributed by atoms with Crippen LogP contribution in [0.5, 0.6) is 11.5 Å². The van der Waals surface area contributed by atoms with Gasteiger partial charge in [0.05, 0.1) is 6.61 Å². The molecule has 2 nitrogen and oxygen atoms in total. The van der Waals surface area contributed by atoms with Crippen molar-refractivity contribution in [2.45, 2.75) is 13.3 Å². The van der Waals surface area contributed by atoms with E-state index in [0.717, 1.165) is 6.07 Å². The standard InChI is InChI=1S/C9H8F3O2/c1-2-13-7-5-3-4-6-8(7)14-9(10,11)12/h3,5-6H,2H2,1H3. The minimum Gasteiger partial charge on any atom is -0.490 e. The summed E-state index contributed by atoms with van der Waals surface area (Å²) in [6.07, 6.45) is -4.71. The van der Waals surface area contributed by atoms with Gasteiger partial charge in [-0.3, -0.25) is 0 Å². The van der Waals surface area contributed by atoms with Crippen LogP contribution in [0.4, 0.5) is 13.2 Å². The van der Waals surface area contributed by atoms with Gasteiger partial charge in [-0.1, -0.05) is 6.07 Å². The van der Waals surface area contributed by atoms with E-state index in [1.807, 2.05) is 0 Å². The van der Waals surface area contributed by atoms with E-state index in [-0.39, 0.29) is 18.1 Å². The molecule has 14 heavy (non-hydrogen) atoms. The Bertz CT molecular complexity index is 296. The molecule has 0 saturated carbocycles. The Morgan fingerprint density at radius 2 is 2.07 bits per heavy atom. The van der Waals surface area contributed by atoms with Crippen molar-refractivity contribution in [2.24, 2.45) is 0 Å². The quantitative estimate of drug-likeness (QED) is 0.755. The summed E-state index contributed by atoms with van der Waals surface area (Å²) in [4.78, 5) is 0. The molecule has 1 rings (SSSR count). The van der Waals surface area contributed by atoms with E-state index in [0.29, 0.717) is 0 Å². The average molecular weight is 205 g/mol. The summed E-state index contributed by atoms with van der Waals surface area (Å²) in [5.74, 6) is -0.314. The Hall–Kier alpha value is -1.39. The van der Waals surface area contributed by atoms with Crippen LogP contribution in [0.3, 0.4) is 0 Å². The van der Waals surface area contributed by atoms with Gasteiger partial charge in [0.1, 0.15) is 0 Å². The SMILES string of the molecule is CCOc1cc[c]cc1OC(F)(F)F. The molecular formula is C9H8F3O2. The Balaban J connectivity index is 2.84. The van der Waals surface area contributed by atoms with E-state index >= 15 is 0 Å². The summed E-state index contributed by atoms with van der Waals surface area (Å²) in [5, 5.41) is 0. The fourth-order valence-electron chi connectivity index (χ4n) is 0.880. The molecule has 0 bridgehead atoms. The second-order valence-electron chi connectivity index (χ2n) is 2.35. The molecule has 0 atom stereocenters. The molecule has 1 aromatic rings. The van der Waals surface area contributed by atoms with E-state index in [2.05, 4.69) is 10.8 Å². The van der Waals surface area contributed by atoms with Crippen LogP contribution in [-0.4, -0.2) is 13.0 Å². The molecule has 1 aromatic carbocycles. The molecule has 0 aliphatic rings. The summed E-state index contributed by atoms with van der Waals surface area (Å²) in [7, 11) is 0. The van der Waals surface area contributed by atoms with Gasteiger partial charge in [0.2, 0.25) is 0 Å². The Labute approximate surface area is 79.2 Å². The lowest BCUT2D eigenvalue weighted by molar-refractivity contribution is -0.275. The van der Waals surface area contributed by atoms with E-state index in [4.69, 9.17) is 4.74 Å². The Kier molecular flexibility index (Phi) is 3.22. The van der Waals surface area contributed by atoms with Crippen LogP contribution in [-0.2, 0) is 0 Å². The molecule has 0 fully saturated rings. The van der Waals surface area contributed by atoms with E-state index in [1.54, 1.807) is 6.92 Å². The van der Waals surface area contributed by atoms with Crippen molar-refractivity contribution in [3.05, 3.63) is 24.3 Å². The van der Waals surface area contributed by atoms with Gasteiger partial charge in [-0.15, -0.1) is 13.2 Å². The molecule has 0 N–H and O–H groups in total.